The fraction of sp³-hybridized carbons (Fsp3) is 0.500. The maximum Gasteiger partial charge on any atom is 0.490 e. The van der Waals surface area contributed by atoms with Crippen molar-refractivity contribution < 1.29 is 27.9 Å². The third-order valence-electron chi connectivity index (χ3n) is 6.69. The normalized spacial score (nSPS) is 16.5. The Kier molecular flexibility index (Phi) is 11.2. The Balaban J connectivity index is 0.000000559. The second-order valence-corrected chi connectivity index (χ2v) is 10.6. The molecule has 1 aliphatic carbocycles. The van der Waals surface area contributed by atoms with E-state index in [1.165, 1.54) is 18.4 Å². The zero-order valence-corrected chi connectivity index (χ0v) is 23.6. The van der Waals surface area contributed by atoms with Crippen LogP contribution in [-0.2, 0) is 11.3 Å². The van der Waals surface area contributed by atoms with Crippen LogP contribution in [0, 0.1) is 17.2 Å². The Morgan fingerprint density at radius 3 is 2.33 bits per heavy atom. The van der Waals surface area contributed by atoms with Crippen molar-refractivity contribution in [1.29, 1.82) is 5.26 Å². The molecular weight excluding hydrogens is 595 g/mol. The van der Waals surface area contributed by atoms with Crippen LogP contribution in [0.1, 0.15) is 47.4 Å². The van der Waals surface area contributed by atoms with Gasteiger partial charge >= 0.3 is 12.1 Å². The fourth-order valence-corrected chi connectivity index (χ4v) is 4.86. The fourth-order valence-electron chi connectivity index (χ4n) is 4.45. The molecule has 14 heteroatoms. The first-order chi connectivity index (χ1) is 19.0. The van der Waals surface area contributed by atoms with E-state index >= 15 is 0 Å². The van der Waals surface area contributed by atoms with Gasteiger partial charge in [-0.2, -0.15) is 23.4 Å². The number of hydrogen-bond donors (Lipinski definition) is 2. The molecule has 10 nitrogen and oxygen atoms in total. The van der Waals surface area contributed by atoms with Crippen molar-refractivity contribution in [1.82, 2.24) is 25.2 Å². The summed E-state index contributed by atoms with van der Waals surface area (Å²) in [5.74, 6) is -1.89. The van der Waals surface area contributed by atoms with Gasteiger partial charge < -0.3 is 10.0 Å². The molecule has 1 saturated heterocycles. The number of carbonyl (C=O) groups is 2. The summed E-state index contributed by atoms with van der Waals surface area (Å²) in [4.78, 5) is 35.1. The average Bonchev–Trinajstić information content (AvgIpc) is 3.43. The van der Waals surface area contributed by atoms with Crippen LogP contribution in [0.2, 0.25) is 0 Å². The highest BCUT2D eigenvalue weighted by Crippen LogP contribution is 2.29. The van der Waals surface area contributed by atoms with Gasteiger partial charge in [0.05, 0.1) is 4.47 Å². The topological polar surface area (TPSA) is 126 Å². The van der Waals surface area contributed by atoms with Crippen LogP contribution < -0.4 is 10.4 Å². The third kappa shape index (κ3) is 9.42. The number of piperazine rings is 1. The molecule has 1 amide bonds. The number of hydrazine groups is 1. The van der Waals surface area contributed by atoms with E-state index in [9.17, 15) is 23.2 Å². The highest BCUT2D eigenvalue weighted by molar-refractivity contribution is 9.10. The van der Waals surface area contributed by atoms with Crippen molar-refractivity contribution in [2.24, 2.45) is 5.92 Å². The van der Waals surface area contributed by atoms with E-state index in [4.69, 9.17) is 9.90 Å². The molecule has 1 aliphatic heterocycles. The van der Waals surface area contributed by atoms with Gasteiger partial charge in [-0.3, -0.25) is 20.1 Å². The first-order valence-corrected chi connectivity index (χ1v) is 13.6. The number of anilines is 1. The number of aromatic nitrogens is 2. The number of nitriles is 1. The van der Waals surface area contributed by atoms with E-state index in [1.807, 2.05) is 30.3 Å². The minimum atomic E-state index is -5.08. The summed E-state index contributed by atoms with van der Waals surface area (Å²) >= 11 is 3.48. The number of likely N-dealkylation sites (N-methyl/N-ethyl adjacent to an activating group) is 1. The standard InChI is InChI=1S/C24H30BrN7O.C2HF3O2/c1-30-10-12-31(13-11-30)16-19-6-8-20(9-7-19)24(33)29-32(17-18-4-2-3-5-18)23-21(25)15-27-22(14-26)28-23;3-2(4,5)1(6)7/h6-9,15,18H,2-5,10-13,16-17H2,1H3,(H,29,33);(H,6,7). The molecule has 2 aromatic rings. The van der Waals surface area contributed by atoms with Gasteiger partial charge in [0.25, 0.3) is 5.91 Å². The van der Waals surface area contributed by atoms with Gasteiger partial charge in [0.15, 0.2) is 5.82 Å². The number of nitrogens with zero attached hydrogens (tertiary/aromatic N) is 6. The second kappa shape index (κ2) is 14.4. The summed E-state index contributed by atoms with van der Waals surface area (Å²) in [6.07, 6.45) is 1.13. The molecule has 0 unspecified atom stereocenters. The van der Waals surface area contributed by atoms with E-state index in [1.54, 1.807) is 11.2 Å². The molecule has 1 saturated carbocycles. The lowest BCUT2D eigenvalue weighted by Crippen LogP contribution is -2.45. The molecule has 216 valence electrons. The number of halogens is 4. The van der Waals surface area contributed by atoms with Crippen LogP contribution in [0.5, 0.6) is 0 Å². The zero-order chi connectivity index (χ0) is 29.3. The van der Waals surface area contributed by atoms with E-state index in [0.717, 1.165) is 45.6 Å². The first kappa shape index (κ1) is 31.3. The van der Waals surface area contributed by atoms with Crippen LogP contribution in [-0.4, -0.2) is 82.7 Å². The highest BCUT2D eigenvalue weighted by Gasteiger charge is 2.38. The number of carboxylic acid groups (broad SMARTS) is 1. The van der Waals surface area contributed by atoms with Crippen LogP contribution in [0.15, 0.2) is 34.9 Å². The second-order valence-electron chi connectivity index (χ2n) is 9.76. The average molecular weight is 626 g/mol. The van der Waals surface area contributed by atoms with E-state index in [2.05, 4.69) is 48.2 Å². The van der Waals surface area contributed by atoms with Gasteiger partial charge in [0.2, 0.25) is 5.82 Å². The highest BCUT2D eigenvalue weighted by atomic mass is 79.9. The van der Waals surface area contributed by atoms with Gasteiger partial charge in [-0.1, -0.05) is 25.0 Å². The van der Waals surface area contributed by atoms with Crippen LogP contribution >= 0.6 is 15.9 Å². The summed E-state index contributed by atoms with van der Waals surface area (Å²) in [5, 5.41) is 18.1. The smallest absolute Gasteiger partial charge is 0.475 e. The van der Waals surface area contributed by atoms with Crippen molar-refractivity contribution >= 4 is 33.6 Å². The molecule has 2 N–H and O–H groups in total. The largest absolute Gasteiger partial charge is 0.490 e. The molecule has 0 radical (unpaired) electrons. The van der Waals surface area contributed by atoms with Crippen molar-refractivity contribution in [3.05, 3.63) is 51.9 Å². The van der Waals surface area contributed by atoms with E-state index < -0.39 is 12.1 Å². The summed E-state index contributed by atoms with van der Waals surface area (Å²) in [7, 11) is 2.15. The zero-order valence-electron chi connectivity index (χ0n) is 22.0. The monoisotopic (exact) mass is 625 g/mol. The number of benzene rings is 1. The summed E-state index contributed by atoms with van der Waals surface area (Å²) in [6.45, 7) is 5.84. The number of aliphatic carboxylic acids is 1. The number of rotatable bonds is 7. The first-order valence-electron chi connectivity index (χ1n) is 12.8. The molecule has 2 heterocycles. The van der Waals surface area contributed by atoms with E-state index in [0.29, 0.717) is 28.3 Å². The SMILES string of the molecule is CN1CCN(Cc2ccc(C(=O)NN(CC3CCCC3)c3nc(C#N)ncc3Br)cc2)CC1.O=C(O)C(F)(F)F. The maximum atomic E-state index is 13.1. The lowest BCUT2D eigenvalue weighted by molar-refractivity contribution is -0.192. The van der Waals surface area contributed by atoms with Crippen molar-refractivity contribution in [2.75, 3.05) is 44.8 Å². The van der Waals surface area contributed by atoms with Crippen molar-refractivity contribution in [3.63, 3.8) is 0 Å². The number of carboxylic acids is 1. The van der Waals surface area contributed by atoms with Crippen LogP contribution in [0.4, 0.5) is 19.0 Å². The molecule has 1 aromatic heterocycles. The van der Waals surface area contributed by atoms with Gasteiger partial charge in [0, 0.05) is 51.0 Å². The Morgan fingerprint density at radius 2 is 1.77 bits per heavy atom. The van der Waals surface area contributed by atoms with Crippen molar-refractivity contribution in [2.45, 2.75) is 38.4 Å². The lowest BCUT2D eigenvalue weighted by atomic mass is 10.1. The predicted molar refractivity (Wildman–Crippen MR) is 144 cm³/mol. The lowest BCUT2D eigenvalue weighted by Gasteiger charge is -2.32. The minimum absolute atomic E-state index is 0.0760. The number of carbonyl (C=O) groups excluding carboxylic acids is 1. The van der Waals surface area contributed by atoms with Crippen LogP contribution in [0.25, 0.3) is 0 Å². The molecule has 2 aliphatic rings. The molecule has 0 bridgehead atoms. The number of hydrogen-bond acceptors (Lipinski definition) is 8. The summed E-state index contributed by atoms with van der Waals surface area (Å²) in [6, 6.07) is 9.80. The third-order valence-corrected chi connectivity index (χ3v) is 7.25. The molecule has 1 aromatic carbocycles. The molecule has 2 fully saturated rings. The number of nitrogens with one attached hydrogen (secondary N) is 1. The van der Waals surface area contributed by atoms with Crippen LogP contribution in [0.3, 0.4) is 0 Å². The molecule has 0 spiro atoms. The predicted octanol–water partition coefficient (Wildman–Crippen LogP) is 3.83. The quantitative estimate of drug-likeness (QED) is 0.441. The summed E-state index contributed by atoms with van der Waals surface area (Å²) < 4.78 is 32.4. The maximum absolute atomic E-state index is 13.1. The van der Waals surface area contributed by atoms with Gasteiger partial charge in [-0.15, -0.1) is 0 Å². The minimum Gasteiger partial charge on any atom is -0.475 e. The Labute approximate surface area is 238 Å². The van der Waals surface area contributed by atoms with E-state index in [-0.39, 0.29) is 11.7 Å². The molecule has 4 rings (SSSR count). The molecular formula is C26H31BrF3N7O3. The Bertz CT molecular complexity index is 1190. The molecule has 0 atom stereocenters. The Hall–Kier alpha value is -3.28. The van der Waals surface area contributed by atoms with Gasteiger partial charge in [-0.05, 0) is 59.4 Å². The summed E-state index contributed by atoms with van der Waals surface area (Å²) in [5.41, 5.74) is 4.82. The van der Waals surface area contributed by atoms with Gasteiger partial charge in [0.1, 0.15) is 6.07 Å². The van der Waals surface area contributed by atoms with Gasteiger partial charge in [-0.25, -0.2) is 9.78 Å². The number of alkyl halides is 3. The van der Waals surface area contributed by atoms with Crippen molar-refractivity contribution in [3.8, 4) is 6.07 Å². The molecule has 40 heavy (non-hydrogen) atoms. The Morgan fingerprint density at radius 1 is 1.18 bits per heavy atom. The number of amides is 1.